The van der Waals surface area contributed by atoms with Gasteiger partial charge in [-0.15, -0.1) is 0 Å². The molecule has 17 rings (SSSR count). The van der Waals surface area contributed by atoms with Crippen LogP contribution in [-0.4, -0.2) is 138 Å². The van der Waals surface area contributed by atoms with Crippen LogP contribution in [0.5, 0.6) is 0 Å². The topological polar surface area (TPSA) is 315 Å². The van der Waals surface area contributed by atoms with Gasteiger partial charge in [0.15, 0.2) is 22.8 Å². The second kappa shape index (κ2) is 33.5. The maximum atomic E-state index is 13.4. The van der Waals surface area contributed by atoms with E-state index in [1.807, 2.05) is 85.1 Å². The summed E-state index contributed by atoms with van der Waals surface area (Å²) in [4.78, 5) is 71.0. The second-order valence-electron chi connectivity index (χ2n) is 25.8. The first-order valence-corrected chi connectivity index (χ1v) is 34.8. The fraction of sp³-hybridized carbons (Fsp3) is 0.0976. The van der Waals surface area contributed by atoms with Crippen molar-refractivity contribution in [1.29, 1.82) is 0 Å². The van der Waals surface area contributed by atoms with Gasteiger partial charge in [0.1, 0.15) is 5.82 Å². The van der Waals surface area contributed by atoms with Crippen molar-refractivity contribution in [3.63, 3.8) is 0 Å². The van der Waals surface area contributed by atoms with Crippen molar-refractivity contribution in [2.75, 3.05) is 54.5 Å². The van der Waals surface area contributed by atoms with Gasteiger partial charge in [0.05, 0.1) is 51.8 Å². The van der Waals surface area contributed by atoms with E-state index in [2.05, 4.69) is 121 Å². The van der Waals surface area contributed by atoms with Crippen LogP contribution in [-0.2, 0) is 18.9 Å². The number of alkyl halides is 6. The Bertz CT molecular complexity index is 6040. The summed E-state index contributed by atoms with van der Waals surface area (Å²) in [6.07, 6.45) is 5.72. The number of halogens is 7. The Balaban J connectivity index is 0.000000125. The molecule has 10 heterocycles. The highest BCUT2D eigenvalue weighted by Crippen LogP contribution is 2.35. The lowest BCUT2D eigenvalue weighted by atomic mass is 10.0. The lowest BCUT2D eigenvalue weighted by molar-refractivity contribution is -0.138. The fourth-order valence-corrected chi connectivity index (χ4v) is 12.2. The first-order valence-electron chi connectivity index (χ1n) is 34.8. The number of fused-ring (bicyclic) bond motifs is 4. The van der Waals surface area contributed by atoms with E-state index in [0.717, 1.165) is 113 Å². The van der Waals surface area contributed by atoms with Crippen LogP contribution in [0.1, 0.15) is 58.6 Å². The number of H-pyrrole nitrogens is 4. The van der Waals surface area contributed by atoms with E-state index in [-0.39, 0.29) is 34.6 Å². The number of carbonyl (C=O) groups is 4. The molecular formula is C82H63F7N20O4. The largest absolute Gasteiger partial charge is 0.417 e. The van der Waals surface area contributed by atoms with Gasteiger partial charge in [-0.25, -0.2) is 4.39 Å². The zero-order chi connectivity index (χ0) is 78.6. The Morgan fingerprint density at radius 1 is 0.363 bits per heavy atom. The summed E-state index contributed by atoms with van der Waals surface area (Å²) in [5.41, 5.74) is 11.4. The third kappa shape index (κ3) is 18.4. The molecule has 0 spiro atoms. The summed E-state index contributed by atoms with van der Waals surface area (Å²) in [6.45, 7) is 5.32. The van der Waals surface area contributed by atoms with Crippen molar-refractivity contribution in [1.82, 2.24) is 80.7 Å². The summed E-state index contributed by atoms with van der Waals surface area (Å²) in [6, 6.07) is 54.5. The van der Waals surface area contributed by atoms with Crippen LogP contribution in [0, 0.1) is 5.82 Å². The molecule has 4 amide bonds. The van der Waals surface area contributed by atoms with Gasteiger partial charge in [0.25, 0.3) is 23.6 Å². The van der Waals surface area contributed by atoms with Crippen LogP contribution >= 0.6 is 0 Å². The number of rotatable bonds is 14. The molecule has 7 aromatic carbocycles. The molecule has 0 unspecified atom stereocenters. The monoisotopic (exact) mass is 1520 g/mol. The summed E-state index contributed by atoms with van der Waals surface area (Å²) >= 11 is 0. The van der Waals surface area contributed by atoms with Gasteiger partial charge in [0, 0.05) is 143 Å². The van der Waals surface area contributed by atoms with Gasteiger partial charge in [-0.1, -0.05) is 60.7 Å². The van der Waals surface area contributed by atoms with E-state index in [1.165, 1.54) is 42.4 Å². The van der Waals surface area contributed by atoms with Crippen LogP contribution in [0.15, 0.2) is 256 Å². The number of anilines is 4. The number of aromatic nitrogens is 14. The number of piperazine rings is 1. The van der Waals surface area contributed by atoms with Crippen LogP contribution < -0.4 is 21.3 Å². The second-order valence-corrected chi connectivity index (χ2v) is 25.8. The van der Waals surface area contributed by atoms with Crippen molar-refractivity contribution >= 4 is 90.0 Å². The molecule has 564 valence electrons. The molecular weight excluding hydrogens is 1460 g/mol. The molecule has 16 aromatic rings. The third-order valence-corrected chi connectivity index (χ3v) is 18.1. The number of carbonyl (C=O) groups excluding carboxylic acids is 4. The first-order chi connectivity index (χ1) is 54.7. The number of para-hydroxylation sites is 1. The zero-order valence-corrected chi connectivity index (χ0v) is 59.4. The molecule has 1 saturated heterocycles. The quantitative estimate of drug-likeness (QED) is 0.0469. The molecule has 8 N–H and O–H groups in total. The van der Waals surface area contributed by atoms with Gasteiger partial charge >= 0.3 is 12.4 Å². The molecule has 1 aliphatic heterocycles. The van der Waals surface area contributed by atoms with Crippen molar-refractivity contribution in [2.45, 2.75) is 18.9 Å². The Kier molecular flexibility index (Phi) is 22.3. The Morgan fingerprint density at radius 3 is 1.23 bits per heavy atom. The highest BCUT2D eigenvalue weighted by molar-refractivity contribution is 6.14. The van der Waals surface area contributed by atoms with Crippen LogP contribution in [0.25, 0.3) is 88.1 Å². The normalized spacial score (nSPS) is 12.4. The molecule has 31 heteroatoms. The van der Waals surface area contributed by atoms with Gasteiger partial charge < -0.3 is 26.2 Å². The minimum absolute atomic E-state index is 0.133. The van der Waals surface area contributed by atoms with E-state index in [0.29, 0.717) is 61.0 Å². The van der Waals surface area contributed by atoms with E-state index in [4.69, 9.17) is 0 Å². The lowest BCUT2D eigenvalue weighted by Crippen LogP contribution is -2.43. The number of benzene rings is 7. The van der Waals surface area contributed by atoms with Crippen LogP contribution in [0.3, 0.4) is 0 Å². The summed E-state index contributed by atoms with van der Waals surface area (Å²) in [5, 5.41) is 48.9. The standard InChI is InChI=1S/C25H26N6O.2C19H12F3N5O.C19H13FN4O/c1-30-11-13-31(14-12-30)17-18-4-7-21(8-5-18)27-25(32)24-22-15-19(6-9-23(22)28-29-24)20-3-2-10-26-16-20;20-19(21,22)13-2-4-14(5-3-13)25-18(28)17-15-9-11(1-6-16(15)26-27-17)12-7-8-23-24-10-12;20-19(21,22)13-7-12(9-24-10-13)11-1-2-16-15(8-11)17(27-26-16)18(28)25-14-3-5-23-6-4-14;20-14-8-13(10-21-11-14)12-6-7-17-16(9-12)18(24-23-17)19(25)22-15-4-2-1-3-5-15/h2-10,15-16H,11-14,17H2,1H3,(H,27,32)(H,28,29);1-10H,(H,25,28)(H,26,27);1-10H,(H,26,27)(H,23,25,28);1-11H,(H,22,25)(H,23,24). The molecule has 1 aliphatic rings. The number of nitrogens with zero attached hydrogens (tertiary/aromatic N) is 12. The minimum atomic E-state index is -4.49. The molecule has 0 radical (unpaired) electrons. The van der Waals surface area contributed by atoms with E-state index in [9.17, 15) is 49.9 Å². The van der Waals surface area contributed by atoms with Crippen LogP contribution in [0.2, 0.25) is 0 Å². The van der Waals surface area contributed by atoms with Crippen molar-refractivity contribution < 1.29 is 49.9 Å². The summed E-state index contributed by atoms with van der Waals surface area (Å²) in [5.74, 6) is -1.93. The average Bonchev–Trinajstić information content (AvgIpc) is 1.61. The Hall–Kier alpha value is -14.6. The van der Waals surface area contributed by atoms with E-state index in [1.54, 1.807) is 91.5 Å². The molecule has 0 atom stereocenters. The van der Waals surface area contributed by atoms with Crippen LogP contribution in [0.4, 0.5) is 53.5 Å². The highest BCUT2D eigenvalue weighted by Gasteiger charge is 2.32. The third-order valence-electron chi connectivity index (χ3n) is 18.1. The van der Waals surface area contributed by atoms with E-state index < -0.39 is 41.1 Å². The van der Waals surface area contributed by atoms with Crippen molar-refractivity contribution in [2.24, 2.45) is 0 Å². The average molecular weight is 1530 g/mol. The number of nitrogens with one attached hydrogen (secondary N) is 8. The zero-order valence-electron chi connectivity index (χ0n) is 59.4. The van der Waals surface area contributed by atoms with Gasteiger partial charge in [0.2, 0.25) is 0 Å². The lowest BCUT2D eigenvalue weighted by Gasteiger charge is -2.32. The Labute approximate surface area is 637 Å². The predicted octanol–water partition coefficient (Wildman–Crippen LogP) is 16.2. The first kappa shape index (κ1) is 75.2. The minimum Gasteiger partial charge on any atom is -0.321 e. The molecule has 0 saturated carbocycles. The molecule has 0 aliphatic carbocycles. The highest BCUT2D eigenvalue weighted by atomic mass is 19.4. The van der Waals surface area contributed by atoms with Gasteiger partial charge in [-0.3, -0.25) is 64.4 Å². The predicted molar refractivity (Wildman–Crippen MR) is 413 cm³/mol. The fourth-order valence-electron chi connectivity index (χ4n) is 12.2. The van der Waals surface area contributed by atoms with Gasteiger partial charge in [-0.2, -0.15) is 56.9 Å². The molecule has 113 heavy (non-hydrogen) atoms. The summed E-state index contributed by atoms with van der Waals surface area (Å²) < 4.78 is 90.2. The van der Waals surface area contributed by atoms with E-state index >= 15 is 0 Å². The molecule has 9 aromatic heterocycles. The van der Waals surface area contributed by atoms with Gasteiger partial charge in [-0.05, 0) is 168 Å². The number of hydrogen-bond donors (Lipinski definition) is 8. The smallest absolute Gasteiger partial charge is 0.321 e. The maximum absolute atomic E-state index is 13.4. The number of hydrogen-bond acceptors (Lipinski definition) is 16. The van der Waals surface area contributed by atoms with Crippen molar-refractivity contribution in [3.05, 3.63) is 301 Å². The number of likely N-dealkylation sites (N-methyl/N-ethyl adjacent to an activating group) is 1. The number of aromatic amines is 4. The molecule has 1 fully saturated rings. The SMILES string of the molecule is CN1CCN(Cc2ccc(NC(=O)c3n[nH]c4ccc(-c5cccnc5)cc34)cc2)CC1.O=C(Nc1ccc(C(F)(F)F)cc1)c1n[nH]c2ccc(-c3ccnnc3)cc12.O=C(Nc1ccccc1)c1n[nH]c2ccc(-c3cncc(F)c3)cc12.O=C(Nc1ccncc1)c1n[nH]c2ccc(-c3cncc(C(F)(F)F)c3)cc12. The molecule has 0 bridgehead atoms. The summed E-state index contributed by atoms with van der Waals surface area (Å²) in [7, 11) is 2.16. The maximum Gasteiger partial charge on any atom is 0.417 e. The molecule has 24 nitrogen and oxygen atoms in total. The Morgan fingerprint density at radius 2 is 0.788 bits per heavy atom. The number of pyridine rings is 4. The number of amides is 4. The van der Waals surface area contributed by atoms with Crippen molar-refractivity contribution in [3.8, 4) is 44.5 Å².